The molecule has 2 saturated carbocycles. The second kappa shape index (κ2) is 8.69. The first-order chi connectivity index (χ1) is 16.3. The fraction of sp³-hybridized carbons (Fsp3) is 0.667. The van der Waals surface area contributed by atoms with E-state index in [4.69, 9.17) is 9.97 Å². The summed E-state index contributed by atoms with van der Waals surface area (Å²) in [6, 6.07) is 0. The SMILES string of the molecule is Cc1nc(C2C3CC(C=C3CC(C)c3csc(C4C5C=CC(C5)C4C(C)C)n3)C2C(C)C)cs1. The molecule has 0 radical (unpaired) electrons. The van der Waals surface area contributed by atoms with Crippen molar-refractivity contribution in [2.24, 2.45) is 47.3 Å². The first-order valence-electron chi connectivity index (χ1n) is 13.6. The number of aryl methyl sites for hydroxylation is 1. The lowest BCUT2D eigenvalue weighted by Gasteiger charge is -2.33. The predicted molar refractivity (Wildman–Crippen MR) is 145 cm³/mol. The molecule has 2 fully saturated rings. The van der Waals surface area contributed by atoms with Crippen LogP contribution in [0.5, 0.6) is 0 Å². The average Bonchev–Trinajstić information content (AvgIpc) is 3.61. The van der Waals surface area contributed by atoms with Gasteiger partial charge in [-0.15, -0.1) is 22.7 Å². The first-order valence-corrected chi connectivity index (χ1v) is 15.3. The van der Waals surface area contributed by atoms with E-state index in [1.807, 2.05) is 22.7 Å². The number of fused-ring (bicyclic) bond motifs is 4. The number of rotatable bonds is 7. The Morgan fingerprint density at radius 1 is 0.853 bits per heavy atom. The van der Waals surface area contributed by atoms with Gasteiger partial charge < -0.3 is 0 Å². The molecule has 0 aliphatic heterocycles. The molecule has 9 unspecified atom stereocenters. The van der Waals surface area contributed by atoms with Crippen molar-refractivity contribution in [1.29, 1.82) is 0 Å². The van der Waals surface area contributed by atoms with Crippen molar-refractivity contribution in [3.63, 3.8) is 0 Å². The third-order valence-corrected chi connectivity index (χ3v) is 11.4. The Balaban J connectivity index is 1.21. The van der Waals surface area contributed by atoms with E-state index in [-0.39, 0.29) is 0 Å². The highest BCUT2D eigenvalue weighted by Gasteiger charge is 2.51. The van der Waals surface area contributed by atoms with Gasteiger partial charge in [0.1, 0.15) is 0 Å². The Bertz CT molecular complexity index is 1100. The maximum absolute atomic E-state index is 5.32. The number of thiazole rings is 2. The minimum absolute atomic E-state index is 0.498. The maximum atomic E-state index is 5.32. The minimum atomic E-state index is 0.498. The number of hydrogen-bond acceptors (Lipinski definition) is 4. The van der Waals surface area contributed by atoms with Crippen LogP contribution in [0.2, 0.25) is 0 Å². The second-order valence-corrected chi connectivity index (χ2v) is 14.3. The lowest BCUT2D eigenvalue weighted by molar-refractivity contribution is 0.283. The van der Waals surface area contributed by atoms with E-state index < -0.39 is 0 Å². The van der Waals surface area contributed by atoms with Gasteiger partial charge in [0.15, 0.2) is 0 Å². The molecule has 2 aromatic heterocycles. The zero-order valence-corrected chi connectivity index (χ0v) is 23.2. The van der Waals surface area contributed by atoms with Crippen LogP contribution in [0, 0.1) is 54.3 Å². The van der Waals surface area contributed by atoms with Crippen LogP contribution in [0.1, 0.15) is 93.0 Å². The molecule has 4 heteroatoms. The topological polar surface area (TPSA) is 25.8 Å². The molecule has 34 heavy (non-hydrogen) atoms. The number of hydrogen-bond donors (Lipinski definition) is 0. The van der Waals surface area contributed by atoms with Crippen LogP contribution >= 0.6 is 22.7 Å². The number of nitrogens with zero attached hydrogens (tertiary/aromatic N) is 2. The standard InChI is InChI=1S/C30H40N2S2/c1-15(2)26-19-7-8-20(10-19)28(26)30-32-24(13-34-30)17(5)9-21-11-22-12-23(21)29(27(22)16(3)4)25-14-33-18(6)31-25/h7-8,11,13-17,19-20,22-23,26-29H,9-10,12H2,1-6H3. The van der Waals surface area contributed by atoms with Gasteiger partial charge in [0.05, 0.1) is 21.4 Å². The monoisotopic (exact) mass is 492 g/mol. The zero-order valence-electron chi connectivity index (χ0n) is 21.6. The van der Waals surface area contributed by atoms with Gasteiger partial charge in [0.25, 0.3) is 0 Å². The van der Waals surface area contributed by atoms with Crippen LogP contribution < -0.4 is 0 Å². The molecule has 0 saturated heterocycles. The highest BCUT2D eigenvalue weighted by molar-refractivity contribution is 7.10. The molecule has 182 valence electrons. The zero-order chi connectivity index (χ0) is 23.7. The summed E-state index contributed by atoms with van der Waals surface area (Å²) in [5, 5.41) is 7.36. The summed E-state index contributed by atoms with van der Waals surface area (Å²) in [7, 11) is 0. The summed E-state index contributed by atoms with van der Waals surface area (Å²) in [6.07, 6.45) is 11.5. The van der Waals surface area contributed by atoms with Gasteiger partial charge in [-0.2, -0.15) is 0 Å². The molecule has 0 aromatic carbocycles. The molecule has 4 aliphatic rings. The molecule has 2 aromatic rings. The van der Waals surface area contributed by atoms with Crippen molar-refractivity contribution < 1.29 is 0 Å². The quantitative estimate of drug-likeness (QED) is 0.362. The van der Waals surface area contributed by atoms with Crippen molar-refractivity contribution in [3.8, 4) is 0 Å². The minimum Gasteiger partial charge on any atom is -0.246 e. The molecule has 6 rings (SSSR count). The highest BCUT2D eigenvalue weighted by atomic mass is 32.1. The van der Waals surface area contributed by atoms with Crippen molar-refractivity contribution >= 4 is 22.7 Å². The summed E-state index contributed by atoms with van der Waals surface area (Å²) >= 11 is 3.76. The van der Waals surface area contributed by atoms with E-state index in [0.717, 1.165) is 35.5 Å². The first kappa shape index (κ1) is 23.2. The molecule has 4 aliphatic carbocycles. The van der Waals surface area contributed by atoms with Crippen LogP contribution in [-0.4, -0.2) is 9.97 Å². The Morgan fingerprint density at radius 3 is 2.29 bits per heavy atom. The summed E-state index contributed by atoms with van der Waals surface area (Å²) in [5.74, 6) is 7.62. The van der Waals surface area contributed by atoms with Gasteiger partial charge in [-0.25, -0.2) is 9.97 Å². The maximum Gasteiger partial charge on any atom is 0.0968 e. The smallest absolute Gasteiger partial charge is 0.0968 e. The third kappa shape index (κ3) is 3.70. The molecule has 0 spiro atoms. The lowest BCUT2D eigenvalue weighted by atomic mass is 9.71. The molecule has 9 atom stereocenters. The molecule has 4 bridgehead atoms. The van der Waals surface area contributed by atoms with E-state index in [9.17, 15) is 0 Å². The Labute approximate surface area is 214 Å². The van der Waals surface area contributed by atoms with Gasteiger partial charge in [-0.05, 0) is 73.5 Å². The molecular weight excluding hydrogens is 452 g/mol. The van der Waals surface area contributed by atoms with E-state index in [0.29, 0.717) is 29.6 Å². The number of aromatic nitrogens is 2. The third-order valence-electron chi connectivity index (χ3n) is 9.68. The Morgan fingerprint density at radius 2 is 1.59 bits per heavy atom. The largest absolute Gasteiger partial charge is 0.246 e. The summed E-state index contributed by atoms with van der Waals surface area (Å²) in [4.78, 5) is 10.3. The second-order valence-electron chi connectivity index (χ2n) is 12.4. The van der Waals surface area contributed by atoms with E-state index in [1.165, 1.54) is 40.7 Å². The molecule has 2 heterocycles. The van der Waals surface area contributed by atoms with Gasteiger partial charge in [-0.3, -0.25) is 0 Å². The van der Waals surface area contributed by atoms with E-state index >= 15 is 0 Å². The predicted octanol–water partition coefficient (Wildman–Crippen LogP) is 8.60. The van der Waals surface area contributed by atoms with Crippen LogP contribution in [0.15, 0.2) is 34.6 Å². The summed E-state index contributed by atoms with van der Waals surface area (Å²) < 4.78 is 0. The van der Waals surface area contributed by atoms with Crippen molar-refractivity contribution in [2.45, 2.75) is 78.6 Å². The lowest BCUT2D eigenvalue weighted by Crippen LogP contribution is -2.25. The normalized spacial score (nSPS) is 36.9. The Kier molecular flexibility index (Phi) is 5.92. The fourth-order valence-corrected chi connectivity index (χ4v) is 10.2. The molecule has 0 N–H and O–H groups in total. The van der Waals surface area contributed by atoms with Crippen LogP contribution in [0.4, 0.5) is 0 Å². The molecule has 2 nitrogen and oxygen atoms in total. The van der Waals surface area contributed by atoms with Gasteiger partial charge in [-0.1, -0.05) is 58.4 Å². The van der Waals surface area contributed by atoms with Crippen LogP contribution in [-0.2, 0) is 0 Å². The van der Waals surface area contributed by atoms with Crippen molar-refractivity contribution in [1.82, 2.24) is 9.97 Å². The van der Waals surface area contributed by atoms with Crippen molar-refractivity contribution in [3.05, 3.63) is 56.0 Å². The van der Waals surface area contributed by atoms with E-state index in [1.54, 1.807) is 5.57 Å². The van der Waals surface area contributed by atoms with Gasteiger partial charge in [0.2, 0.25) is 0 Å². The highest BCUT2D eigenvalue weighted by Crippen LogP contribution is 2.60. The van der Waals surface area contributed by atoms with Crippen LogP contribution in [0.3, 0.4) is 0 Å². The van der Waals surface area contributed by atoms with E-state index in [2.05, 4.69) is 70.5 Å². The summed E-state index contributed by atoms with van der Waals surface area (Å²) in [5.41, 5.74) is 4.40. The van der Waals surface area contributed by atoms with Gasteiger partial charge >= 0.3 is 0 Å². The van der Waals surface area contributed by atoms with Gasteiger partial charge in [0, 0.05) is 28.5 Å². The molecule has 0 amide bonds. The van der Waals surface area contributed by atoms with Crippen molar-refractivity contribution in [2.75, 3.05) is 0 Å². The average molecular weight is 493 g/mol. The number of allylic oxidation sites excluding steroid dienone is 4. The summed E-state index contributed by atoms with van der Waals surface area (Å²) in [6.45, 7) is 14.2. The van der Waals surface area contributed by atoms with Crippen LogP contribution in [0.25, 0.3) is 0 Å². The molecular formula is C30H40N2S2. The fourth-order valence-electron chi connectivity index (χ4n) is 8.41. The Hall–Kier alpha value is -1.26.